The number of urea groups is 1. The molecule has 0 fully saturated rings. The molecule has 0 saturated heterocycles. The van der Waals surface area contributed by atoms with Crippen molar-refractivity contribution in [3.8, 4) is 5.75 Å². The van der Waals surface area contributed by atoms with Gasteiger partial charge in [-0.1, -0.05) is 19.9 Å². The molecule has 0 bridgehead atoms. The number of hydrogen-bond donors (Lipinski definition) is 2. The third-order valence-electron chi connectivity index (χ3n) is 2.39. The highest BCUT2D eigenvalue weighted by molar-refractivity contribution is 5.93. The molecule has 0 radical (unpaired) electrons. The molecule has 0 spiro atoms. The first kappa shape index (κ1) is 14.0. The maximum absolute atomic E-state index is 11.5. The van der Waals surface area contributed by atoms with Crippen LogP contribution in [0.5, 0.6) is 5.75 Å². The number of benzene rings is 1. The highest BCUT2D eigenvalue weighted by atomic mass is 16.5. The van der Waals surface area contributed by atoms with Gasteiger partial charge in [-0.3, -0.25) is 4.79 Å². The summed E-state index contributed by atoms with van der Waals surface area (Å²) in [6.07, 6.45) is 0. The molecule has 5 nitrogen and oxygen atoms in total. The number of carbonyl (C=O) groups excluding carboxylic acids is 2. The third-order valence-corrected chi connectivity index (χ3v) is 2.39. The Bertz CT molecular complexity index is 430. The number of anilines is 1. The van der Waals surface area contributed by atoms with Crippen LogP contribution in [-0.2, 0) is 4.79 Å². The van der Waals surface area contributed by atoms with Crippen LogP contribution in [0.1, 0.15) is 13.8 Å². The van der Waals surface area contributed by atoms with E-state index in [0.717, 1.165) is 0 Å². The second kappa shape index (κ2) is 6.64. The largest absolute Gasteiger partial charge is 0.497 e. The highest BCUT2D eigenvalue weighted by Gasteiger charge is 2.09. The first-order valence-corrected chi connectivity index (χ1v) is 5.74. The van der Waals surface area contributed by atoms with Crippen molar-refractivity contribution >= 4 is 17.5 Å². The minimum absolute atomic E-state index is 0.00390. The molecule has 0 aliphatic rings. The Balaban J connectivity index is 2.47. The molecule has 1 rings (SSSR count). The predicted octanol–water partition coefficient (Wildman–Crippen LogP) is 2.04. The summed E-state index contributed by atoms with van der Waals surface area (Å²) in [5.74, 6) is 0.573. The van der Waals surface area contributed by atoms with Crippen LogP contribution >= 0.6 is 0 Å². The summed E-state index contributed by atoms with van der Waals surface area (Å²) in [5, 5.41) is 5.14. The molecule has 2 amide bonds. The summed E-state index contributed by atoms with van der Waals surface area (Å²) < 4.78 is 5.04. The number of carbonyl (C=O) groups is 2. The Morgan fingerprint density at radius 2 is 2.06 bits per heavy atom. The molecule has 2 N–H and O–H groups in total. The van der Waals surface area contributed by atoms with Crippen molar-refractivity contribution in [3.05, 3.63) is 24.3 Å². The molecule has 0 heterocycles. The van der Waals surface area contributed by atoms with Gasteiger partial charge in [0, 0.05) is 17.7 Å². The Hall–Kier alpha value is -2.04. The van der Waals surface area contributed by atoms with E-state index in [1.807, 2.05) is 0 Å². The van der Waals surface area contributed by atoms with E-state index in [4.69, 9.17) is 4.74 Å². The Morgan fingerprint density at radius 3 is 2.67 bits per heavy atom. The fourth-order valence-corrected chi connectivity index (χ4v) is 1.25. The van der Waals surface area contributed by atoms with Crippen LogP contribution < -0.4 is 15.4 Å². The number of ketones is 1. The Labute approximate surface area is 107 Å². The quantitative estimate of drug-likeness (QED) is 0.840. The standard InChI is InChI=1S/C13H18N2O3/c1-9(2)12(16)8-14-13(17)15-10-5-4-6-11(7-10)18-3/h4-7,9H,8H2,1-3H3,(H2,14,15,17). The SMILES string of the molecule is COc1cccc(NC(=O)NCC(=O)C(C)C)c1. The van der Waals surface area contributed by atoms with Gasteiger partial charge in [0.2, 0.25) is 0 Å². The maximum Gasteiger partial charge on any atom is 0.319 e. The number of nitrogens with one attached hydrogen (secondary N) is 2. The van der Waals surface area contributed by atoms with Crippen LogP contribution in [0.25, 0.3) is 0 Å². The molecule has 0 saturated carbocycles. The number of ether oxygens (including phenoxy) is 1. The number of rotatable bonds is 5. The summed E-state index contributed by atoms with van der Waals surface area (Å²) >= 11 is 0. The van der Waals surface area contributed by atoms with Gasteiger partial charge in [-0.2, -0.15) is 0 Å². The van der Waals surface area contributed by atoms with Crippen molar-refractivity contribution < 1.29 is 14.3 Å². The van der Waals surface area contributed by atoms with Crippen LogP contribution in [0.4, 0.5) is 10.5 Å². The van der Waals surface area contributed by atoms with Crippen molar-refractivity contribution in [1.82, 2.24) is 5.32 Å². The minimum atomic E-state index is -0.405. The van der Waals surface area contributed by atoms with Crippen LogP contribution in [0.3, 0.4) is 0 Å². The summed E-state index contributed by atoms with van der Waals surface area (Å²) in [7, 11) is 1.56. The zero-order chi connectivity index (χ0) is 13.5. The second-order valence-corrected chi connectivity index (χ2v) is 4.16. The molecule has 0 unspecified atom stereocenters. The van der Waals surface area contributed by atoms with Gasteiger partial charge in [0.25, 0.3) is 0 Å². The predicted molar refractivity (Wildman–Crippen MR) is 69.9 cm³/mol. The fraction of sp³-hybridized carbons (Fsp3) is 0.385. The van der Waals surface area contributed by atoms with Gasteiger partial charge >= 0.3 is 6.03 Å². The fourth-order valence-electron chi connectivity index (χ4n) is 1.25. The van der Waals surface area contributed by atoms with E-state index in [9.17, 15) is 9.59 Å². The van der Waals surface area contributed by atoms with Gasteiger partial charge in [-0.25, -0.2) is 4.79 Å². The van der Waals surface area contributed by atoms with E-state index < -0.39 is 6.03 Å². The van der Waals surface area contributed by atoms with Crippen LogP contribution in [0.15, 0.2) is 24.3 Å². The number of hydrogen-bond acceptors (Lipinski definition) is 3. The van der Waals surface area contributed by atoms with Gasteiger partial charge in [0.05, 0.1) is 13.7 Å². The summed E-state index contributed by atoms with van der Waals surface area (Å²) in [6.45, 7) is 3.63. The van der Waals surface area contributed by atoms with Gasteiger partial charge in [-0.05, 0) is 12.1 Å². The van der Waals surface area contributed by atoms with E-state index in [-0.39, 0.29) is 18.2 Å². The lowest BCUT2D eigenvalue weighted by Crippen LogP contribution is -2.34. The van der Waals surface area contributed by atoms with Crippen LogP contribution in [0, 0.1) is 5.92 Å². The van der Waals surface area contributed by atoms with E-state index in [2.05, 4.69) is 10.6 Å². The van der Waals surface area contributed by atoms with Gasteiger partial charge in [0.1, 0.15) is 5.75 Å². The summed E-state index contributed by atoms with van der Waals surface area (Å²) in [5.41, 5.74) is 0.615. The third kappa shape index (κ3) is 4.45. The molecule has 0 aliphatic heterocycles. The van der Waals surface area contributed by atoms with Gasteiger partial charge < -0.3 is 15.4 Å². The van der Waals surface area contributed by atoms with E-state index in [1.165, 1.54) is 0 Å². The molecule has 5 heteroatoms. The maximum atomic E-state index is 11.5. The molecular formula is C13H18N2O3. The van der Waals surface area contributed by atoms with Gasteiger partial charge in [0.15, 0.2) is 5.78 Å². The lowest BCUT2D eigenvalue weighted by Gasteiger charge is -2.09. The average molecular weight is 250 g/mol. The highest BCUT2D eigenvalue weighted by Crippen LogP contribution is 2.16. The molecule has 18 heavy (non-hydrogen) atoms. The molecule has 0 aliphatic carbocycles. The Kier molecular flexibility index (Phi) is 5.17. The monoisotopic (exact) mass is 250 g/mol. The molecule has 98 valence electrons. The number of amides is 2. The van der Waals surface area contributed by atoms with E-state index in [1.54, 1.807) is 45.2 Å². The van der Waals surface area contributed by atoms with E-state index >= 15 is 0 Å². The molecule has 1 aromatic carbocycles. The average Bonchev–Trinajstić information content (AvgIpc) is 2.36. The van der Waals surface area contributed by atoms with Crippen LogP contribution in [0.2, 0.25) is 0 Å². The summed E-state index contributed by atoms with van der Waals surface area (Å²) in [6, 6.07) is 6.59. The van der Waals surface area contributed by atoms with Crippen molar-refractivity contribution in [2.24, 2.45) is 5.92 Å². The van der Waals surface area contributed by atoms with E-state index in [0.29, 0.717) is 11.4 Å². The lowest BCUT2D eigenvalue weighted by atomic mass is 10.1. The number of Topliss-reactive ketones (excluding diaryl/α,β-unsaturated/α-hetero) is 1. The van der Waals surface area contributed by atoms with Gasteiger partial charge in [-0.15, -0.1) is 0 Å². The minimum Gasteiger partial charge on any atom is -0.497 e. The Morgan fingerprint density at radius 1 is 1.33 bits per heavy atom. The molecular weight excluding hydrogens is 232 g/mol. The normalized spacial score (nSPS) is 10.0. The first-order valence-electron chi connectivity index (χ1n) is 5.74. The zero-order valence-corrected chi connectivity index (χ0v) is 10.8. The van der Waals surface area contributed by atoms with Crippen molar-refractivity contribution in [2.45, 2.75) is 13.8 Å². The first-order chi connectivity index (χ1) is 8.52. The number of methoxy groups -OCH3 is 1. The van der Waals surface area contributed by atoms with Crippen molar-refractivity contribution in [3.63, 3.8) is 0 Å². The second-order valence-electron chi connectivity index (χ2n) is 4.16. The molecule has 1 aromatic rings. The molecule has 0 aromatic heterocycles. The van der Waals surface area contributed by atoms with Crippen molar-refractivity contribution in [2.75, 3.05) is 19.0 Å². The van der Waals surface area contributed by atoms with Crippen molar-refractivity contribution in [1.29, 1.82) is 0 Å². The zero-order valence-electron chi connectivity index (χ0n) is 10.8. The molecule has 0 atom stereocenters. The summed E-state index contributed by atoms with van der Waals surface area (Å²) in [4.78, 5) is 22.9. The lowest BCUT2D eigenvalue weighted by molar-refractivity contribution is -0.120. The van der Waals surface area contributed by atoms with Crippen LogP contribution in [-0.4, -0.2) is 25.5 Å². The smallest absolute Gasteiger partial charge is 0.319 e. The topological polar surface area (TPSA) is 67.4 Å².